The molecule has 4 heteroatoms. The highest BCUT2D eigenvalue weighted by Crippen LogP contribution is 2.33. The van der Waals surface area contributed by atoms with E-state index in [1.165, 1.54) is 0 Å². The lowest BCUT2D eigenvalue weighted by Crippen LogP contribution is -2.03. The Morgan fingerprint density at radius 3 is 1.71 bits per heavy atom. The Labute approximate surface area is 139 Å². The molecule has 0 amide bonds. The van der Waals surface area contributed by atoms with Crippen LogP contribution in [0.4, 0.5) is 5.69 Å². The van der Waals surface area contributed by atoms with E-state index in [0.717, 1.165) is 16.7 Å². The molecular formula is C20H14N2O2. The zero-order valence-electron chi connectivity index (χ0n) is 12.8. The van der Waals surface area contributed by atoms with Gasteiger partial charge in [-0.3, -0.25) is 0 Å². The number of phenols is 1. The number of hydrogen-bond acceptors (Lipinski definition) is 4. The van der Waals surface area contributed by atoms with Crippen molar-refractivity contribution < 1.29 is 5.11 Å². The number of benzene rings is 3. The molecule has 24 heavy (non-hydrogen) atoms. The second-order valence-electron chi connectivity index (χ2n) is 5.44. The fraction of sp³-hybridized carbons (Fsp3) is 0.0500. The first-order chi connectivity index (χ1) is 11.7. The summed E-state index contributed by atoms with van der Waals surface area (Å²) in [5.41, 5.74) is 4.00. The van der Waals surface area contributed by atoms with Crippen LogP contribution in [-0.4, -0.2) is 5.11 Å². The normalized spacial score (nSPS) is 11.5. The predicted molar refractivity (Wildman–Crippen MR) is 92.1 cm³/mol. The summed E-state index contributed by atoms with van der Waals surface area (Å²) < 4.78 is 0. The molecule has 0 aliphatic rings. The maximum Gasteiger partial charge on any atom is 0.115 e. The molecule has 0 bridgehead atoms. The van der Waals surface area contributed by atoms with Crippen LogP contribution in [0.2, 0.25) is 0 Å². The molecule has 1 atom stereocenters. The molecule has 3 aromatic carbocycles. The lowest BCUT2D eigenvalue weighted by molar-refractivity contribution is 0.475. The quantitative estimate of drug-likeness (QED) is 0.553. The van der Waals surface area contributed by atoms with E-state index in [1.54, 1.807) is 36.4 Å². The number of nitrogens with zero attached hydrogens (tertiary/aromatic N) is 2. The molecule has 0 aromatic heterocycles. The highest BCUT2D eigenvalue weighted by Gasteiger charge is 2.17. The lowest BCUT2D eigenvalue weighted by Gasteiger charge is -2.19. The molecule has 0 saturated carbocycles. The summed E-state index contributed by atoms with van der Waals surface area (Å²) in [4.78, 5) is 10.6. The second kappa shape index (κ2) is 6.76. The molecule has 4 nitrogen and oxygen atoms in total. The molecule has 3 rings (SSSR count). The van der Waals surface area contributed by atoms with Gasteiger partial charge >= 0.3 is 0 Å². The molecule has 0 radical (unpaired) electrons. The monoisotopic (exact) mass is 314 g/mol. The van der Waals surface area contributed by atoms with Gasteiger partial charge in [-0.2, -0.15) is 5.26 Å². The number of aromatic hydroxyl groups is 1. The van der Waals surface area contributed by atoms with Crippen molar-refractivity contribution >= 4 is 5.69 Å². The third kappa shape index (κ3) is 3.16. The average Bonchev–Trinajstić information content (AvgIpc) is 2.64. The van der Waals surface area contributed by atoms with E-state index in [0.29, 0.717) is 11.3 Å². The lowest BCUT2D eigenvalue weighted by atomic mass is 9.85. The first kappa shape index (κ1) is 15.4. The minimum absolute atomic E-state index is 0.0703. The summed E-state index contributed by atoms with van der Waals surface area (Å²) in [6.45, 7) is 0. The molecule has 1 unspecified atom stereocenters. The van der Waals surface area contributed by atoms with Gasteiger partial charge in [0, 0.05) is 5.92 Å². The van der Waals surface area contributed by atoms with Gasteiger partial charge in [-0.25, -0.2) is 0 Å². The first-order valence-corrected chi connectivity index (χ1v) is 7.43. The highest BCUT2D eigenvalue weighted by molar-refractivity contribution is 5.48. The fourth-order valence-electron chi connectivity index (χ4n) is 2.72. The van der Waals surface area contributed by atoms with Gasteiger partial charge in [0.05, 0.1) is 11.6 Å². The van der Waals surface area contributed by atoms with Gasteiger partial charge in [0.1, 0.15) is 11.4 Å². The third-order valence-electron chi connectivity index (χ3n) is 3.93. The Balaban J connectivity index is 2.09. The number of nitriles is 1. The number of nitroso groups, excluding NO2 is 1. The fourth-order valence-corrected chi connectivity index (χ4v) is 2.72. The minimum atomic E-state index is -0.0703. The number of phenolic OH excluding ortho intramolecular Hbond substituents is 1. The SMILES string of the molecule is N#Cc1ccc(C(c2ccc(O)cc2)c2ccc(N=O)cc2)cc1. The molecule has 0 aliphatic heterocycles. The molecular weight excluding hydrogens is 300 g/mol. The Morgan fingerprint density at radius 1 is 0.792 bits per heavy atom. The third-order valence-corrected chi connectivity index (χ3v) is 3.93. The van der Waals surface area contributed by atoms with Gasteiger partial charge in [0.15, 0.2) is 0 Å². The maximum atomic E-state index is 10.6. The largest absolute Gasteiger partial charge is 0.508 e. The van der Waals surface area contributed by atoms with Crippen molar-refractivity contribution in [3.8, 4) is 11.8 Å². The van der Waals surface area contributed by atoms with Crippen molar-refractivity contribution in [3.63, 3.8) is 0 Å². The zero-order valence-corrected chi connectivity index (χ0v) is 12.8. The van der Waals surface area contributed by atoms with Gasteiger partial charge in [-0.1, -0.05) is 36.4 Å². The molecule has 0 spiro atoms. The highest BCUT2D eigenvalue weighted by atomic mass is 16.3. The maximum absolute atomic E-state index is 10.6. The Hall–Kier alpha value is -3.45. The summed E-state index contributed by atoms with van der Waals surface area (Å²) in [7, 11) is 0. The molecule has 0 fully saturated rings. The van der Waals surface area contributed by atoms with E-state index in [9.17, 15) is 10.0 Å². The van der Waals surface area contributed by atoms with Gasteiger partial charge < -0.3 is 5.11 Å². The summed E-state index contributed by atoms with van der Waals surface area (Å²) >= 11 is 0. The molecule has 1 N–H and O–H groups in total. The number of hydrogen-bond donors (Lipinski definition) is 1. The smallest absolute Gasteiger partial charge is 0.115 e. The van der Waals surface area contributed by atoms with E-state index in [1.807, 2.05) is 36.4 Å². The summed E-state index contributed by atoms with van der Waals surface area (Å²) in [5.74, 6) is 0.136. The molecule has 0 aliphatic carbocycles. The average molecular weight is 314 g/mol. The van der Waals surface area contributed by atoms with Crippen LogP contribution in [0.25, 0.3) is 0 Å². The predicted octanol–water partition coefficient (Wildman–Crippen LogP) is 4.84. The Morgan fingerprint density at radius 2 is 1.25 bits per heavy atom. The zero-order chi connectivity index (χ0) is 16.9. The Bertz CT molecular complexity index is 877. The standard InChI is InChI=1S/C20H14N2O2/c21-13-14-1-3-15(4-2-14)20(17-7-11-19(23)12-8-17)16-5-9-18(22-24)10-6-16/h1-12,20,23H. The summed E-state index contributed by atoms with van der Waals surface area (Å²) in [5, 5.41) is 21.4. The second-order valence-corrected chi connectivity index (χ2v) is 5.44. The van der Waals surface area contributed by atoms with Gasteiger partial charge in [-0.15, -0.1) is 4.91 Å². The van der Waals surface area contributed by atoms with Crippen LogP contribution in [0.15, 0.2) is 78.0 Å². The van der Waals surface area contributed by atoms with Crippen LogP contribution >= 0.6 is 0 Å². The van der Waals surface area contributed by atoms with E-state index in [2.05, 4.69) is 11.2 Å². The van der Waals surface area contributed by atoms with Crippen LogP contribution < -0.4 is 0 Å². The van der Waals surface area contributed by atoms with Gasteiger partial charge in [0.2, 0.25) is 0 Å². The van der Waals surface area contributed by atoms with Crippen LogP contribution in [0.3, 0.4) is 0 Å². The molecule has 3 aromatic rings. The summed E-state index contributed by atoms with van der Waals surface area (Å²) in [6, 6.07) is 23.6. The van der Waals surface area contributed by atoms with E-state index in [4.69, 9.17) is 5.26 Å². The van der Waals surface area contributed by atoms with E-state index >= 15 is 0 Å². The van der Waals surface area contributed by atoms with Crippen LogP contribution in [0.5, 0.6) is 5.75 Å². The van der Waals surface area contributed by atoms with Gasteiger partial charge in [-0.05, 0) is 58.3 Å². The first-order valence-electron chi connectivity index (χ1n) is 7.43. The van der Waals surface area contributed by atoms with Crippen LogP contribution in [-0.2, 0) is 0 Å². The van der Waals surface area contributed by atoms with Crippen molar-refractivity contribution in [2.24, 2.45) is 5.18 Å². The topological polar surface area (TPSA) is 73.4 Å². The number of rotatable bonds is 4. The Kier molecular flexibility index (Phi) is 4.35. The minimum Gasteiger partial charge on any atom is -0.508 e. The molecule has 116 valence electrons. The van der Waals surface area contributed by atoms with Crippen molar-refractivity contribution in [3.05, 3.63) is 100.0 Å². The van der Waals surface area contributed by atoms with Crippen molar-refractivity contribution in [1.82, 2.24) is 0 Å². The van der Waals surface area contributed by atoms with Crippen molar-refractivity contribution in [2.45, 2.75) is 5.92 Å². The molecule has 0 heterocycles. The summed E-state index contributed by atoms with van der Waals surface area (Å²) in [6.07, 6.45) is 0. The van der Waals surface area contributed by atoms with Gasteiger partial charge in [0.25, 0.3) is 0 Å². The van der Waals surface area contributed by atoms with Crippen molar-refractivity contribution in [2.75, 3.05) is 0 Å². The molecule has 0 saturated heterocycles. The van der Waals surface area contributed by atoms with Crippen LogP contribution in [0, 0.1) is 16.2 Å². The van der Waals surface area contributed by atoms with Crippen LogP contribution in [0.1, 0.15) is 28.2 Å². The van der Waals surface area contributed by atoms with E-state index < -0.39 is 0 Å². The van der Waals surface area contributed by atoms with E-state index in [-0.39, 0.29) is 11.7 Å². The van der Waals surface area contributed by atoms with Crippen molar-refractivity contribution in [1.29, 1.82) is 5.26 Å².